The highest BCUT2D eigenvalue weighted by molar-refractivity contribution is 5.79. The minimum Gasteiger partial charge on any atom is -0.497 e. The topological polar surface area (TPSA) is 90.6 Å². The van der Waals surface area contributed by atoms with Crippen molar-refractivity contribution in [3.05, 3.63) is 40.7 Å². The predicted octanol–water partition coefficient (Wildman–Crippen LogP) is 2.25. The van der Waals surface area contributed by atoms with Crippen LogP contribution in [-0.4, -0.2) is 48.1 Å². The first-order valence-corrected chi connectivity index (χ1v) is 9.02. The molecule has 0 saturated carbocycles. The van der Waals surface area contributed by atoms with Crippen molar-refractivity contribution >= 4 is 11.9 Å². The molecule has 1 fully saturated rings. The maximum absolute atomic E-state index is 12.8. The van der Waals surface area contributed by atoms with E-state index < -0.39 is 0 Å². The maximum Gasteiger partial charge on any atom is 0.227 e. The molecule has 1 aliphatic rings. The second kappa shape index (κ2) is 7.82. The summed E-state index contributed by atoms with van der Waals surface area (Å²) < 4.78 is 10.8. The molecule has 1 aliphatic heterocycles. The molecular formula is C20H26N4O3. The molecule has 2 N–H and O–H groups in total. The first-order valence-electron chi connectivity index (χ1n) is 9.02. The van der Waals surface area contributed by atoms with Crippen molar-refractivity contribution in [2.45, 2.75) is 32.6 Å². The number of carbonyl (C=O) groups is 1. The van der Waals surface area contributed by atoms with Gasteiger partial charge in [0.05, 0.1) is 20.6 Å². The molecule has 3 rings (SSSR count). The molecule has 0 aliphatic carbocycles. The lowest BCUT2D eigenvalue weighted by Crippen LogP contribution is -2.30. The van der Waals surface area contributed by atoms with Crippen LogP contribution in [0.4, 0.5) is 5.95 Å². The molecule has 2 aromatic rings. The molecule has 0 radical (unpaired) electrons. The van der Waals surface area contributed by atoms with E-state index in [0.717, 1.165) is 47.0 Å². The normalized spacial score (nSPS) is 16.4. The fourth-order valence-electron chi connectivity index (χ4n) is 3.68. The highest BCUT2D eigenvalue weighted by Crippen LogP contribution is 2.36. The monoisotopic (exact) mass is 370 g/mol. The summed E-state index contributed by atoms with van der Waals surface area (Å²) >= 11 is 0. The van der Waals surface area contributed by atoms with Gasteiger partial charge in [-0.2, -0.15) is 0 Å². The lowest BCUT2D eigenvalue weighted by Gasteiger charge is -2.19. The zero-order chi connectivity index (χ0) is 19.6. The van der Waals surface area contributed by atoms with E-state index in [1.165, 1.54) is 0 Å². The molecule has 1 amide bonds. The van der Waals surface area contributed by atoms with Gasteiger partial charge in [-0.25, -0.2) is 9.97 Å². The number of carbonyl (C=O) groups excluding carboxylic acids is 1. The van der Waals surface area contributed by atoms with Crippen LogP contribution in [-0.2, 0) is 11.2 Å². The number of methoxy groups -OCH3 is 2. The molecule has 0 bridgehead atoms. The van der Waals surface area contributed by atoms with Gasteiger partial charge < -0.3 is 20.1 Å². The van der Waals surface area contributed by atoms with Crippen molar-refractivity contribution in [1.82, 2.24) is 14.9 Å². The maximum atomic E-state index is 12.8. The van der Waals surface area contributed by atoms with E-state index in [4.69, 9.17) is 15.2 Å². The van der Waals surface area contributed by atoms with Crippen LogP contribution < -0.4 is 15.2 Å². The summed E-state index contributed by atoms with van der Waals surface area (Å²) in [6.45, 7) is 5.11. The van der Waals surface area contributed by atoms with Crippen LogP contribution in [0.5, 0.6) is 11.5 Å². The molecule has 1 aromatic heterocycles. The number of hydrogen-bond donors (Lipinski definition) is 1. The Bertz CT molecular complexity index is 830. The van der Waals surface area contributed by atoms with E-state index in [0.29, 0.717) is 13.0 Å². The van der Waals surface area contributed by atoms with Gasteiger partial charge in [-0.15, -0.1) is 0 Å². The van der Waals surface area contributed by atoms with Gasteiger partial charge in [-0.1, -0.05) is 0 Å². The average molecular weight is 370 g/mol. The molecule has 144 valence electrons. The van der Waals surface area contributed by atoms with E-state index in [1.54, 1.807) is 14.2 Å². The number of anilines is 1. The number of benzene rings is 1. The van der Waals surface area contributed by atoms with Gasteiger partial charge in [-0.3, -0.25) is 4.79 Å². The quantitative estimate of drug-likeness (QED) is 0.868. The Morgan fingerprint density at radius 3 is 2.56 bits per heavy atom. The van der Waals surface area contributed by atoms with Crippen molar-refractivity contribution in [1.29, 1.82) is 0 Å². The standard InChI is InChI=1S/C20H26N4O3/c1-12-16(13(2)23-20(21)22-12)10-19(25)24-8-7-14(11-24)17-9-15(26-3)5-6-18(17)27-4/h5-6,9,14H,7-8,10-11H2,1-4H3,(H2,21,22,23). The van der Waals surface area contributed by atoms with Gasteiger partial charge in [0.15, 0.2) is 0 Å². The number of ether oxygens (including phenoxy) is 2. The summed E-state index contributed by atoms with van der Waals surface area (Å²) in [6, 6.07) is 5.80. The third kappa shape index (κ3) is 3.97. The number of aryl methyl sites for hydroxylation is 2. The number of hydrogen-bond acceptors (Lipinski definition) is 6. The molecule has 1 aromatic carbocycles. The van der Waals surface area contributed by atoms with Gasteiger partial charge in [0.1, 0.15) is 11.5 Å². The van der Waals surface area contributed by atoms with E-state index in [-0.39, 0.29) is 17.8 Å². The van der Waals surface area contributed by atoms with Crippen LogP contribution in [0.2, 0.25) is 0 Å². The lowest BCUT2D eigenvalue weighted by atomic mass is 9.97. The van der Waals surface area contributed by atoms with E-state index in [2.05, 4.69) is 9.97 Å². The molecule has 1 saturated heterocycles. The number of aromatic nitrogens is 2. The van der Waals surface area contributed by atoms with Crippen LogP contribution >= 0.6 is 0 Å². The van der Waals surface area contributed by atoms with Crippen LogP contribution in [0.1, 0.15) is 34.9 Å². The predicted molar refractivity (Wildman–Crippen MR) is 103 cm³/mol. The second-order valence-corrected chi connectivity index (χ2v) is 6.84. The van der Waals surface area contributed by atoms with Crippen molar-refractivity contribution < 1.29 is 14.3 Å². The zero-order valence-electron chi connectivity index (χ0n) is 16.3. The largest absolute Gasteiger partial charge is 0.497 e. The highest BCUT2D eigenvalue weighted by Gasteiger charge is 2.30. The van der Waals surface area contributed by atoms with Crippen molar-refractivity contribution in [2.24, 2.45) is 0 Å². The Morgan fingerprint density at radius 1 is 1.22 bits per heavy atom. The van der Waals surface area contributed by atoms with Gasteiger partial charge in [0.2, 0.25) is 11.9 Å². The van der Waals surface area contributed by atoms with Crippen LogP contribution in [0.15, 0.2) is 18.2 Å². The molecule has 2 heterocycles. The molecular weight excluding hydrogens is 344 g/mol. The summed E-state index contributed by atoms with van der Waals surface area (Å²) in [5, 5.41) is 0. The minimum atomic E-state index is 0.0823. The molecule has 7 nitrogen and oxygen atoms in total. The lowest BCUT2D eigenvalue weighted by molar-refractivity contribution is -0.129. The third-order valence-electron chi connectivity index (χ3n) is 5.18. The van der Waals surface area contributed by atoms with Crippen molar-refractivity contribution in [3.8, 4) is 11.5 Å². The number of amides is 1. The van der Waals surface area contributed by atoms with E-state index in [1.807, 2.05) is 36.9 Å². The second-order valence-electron chi connectivity index (χ2n) is 6.84. The third-order valence-corrected chi connectivity index (χ3v) is 5.18. The summed E-state index contributed by atoms with van der Waals surface area (Å²) in [5.41, 5.74) is 9.14. The molecule has 1 unspecified atom stereocenters. The zero-order valence-corrected chi connectivity index (χ0v) is 16.3. The number of likely N-dealkylation sites (tertiary alicyclic amines) is 1. The van der Waals surface area contributed by atoms with E-state index in [9.17, 15) is 4.79 Å². The Morgan fingerprint density at radius 2 is 1.93 bits per heavy atom. The fourth-order valence-corrected chi connectivity index (χ4v) is 3.68. The number of rotatable bonds is 5. The first-order chi connectivity index (χ1) is 12.9. The molecule has 1 atom stereocenters. The average Bonchev–Trinajstić information content (AvgIpc) is 3.14. The van der Waals surface area contributed by atoms with Crippen LogP contribution in [0, 0.1) is 13.8 Å². The summed E-state index contributed by atoms with van der Waals surface area (Å²) in [4.78, 5) is 23.1. The number of nitrogens with zero attached hydrogens (tertiary/aromatic N) is 3. The molecule has 0 spiro atoms. The van der Waals surface area contributed by atoms with Gasteiger partial charge in [0.25, 0.3) is 0 Å². The summed E-state index contributed by atoms with van der Waals surface area (Å²) in [5.74, 6) is 2.17. The van der Waals surface area contributed by atoms with Crippen LogP contribution in [0.25, 0.3) is 0 Å². The molecule has 27 heavy (non-hydrogen) atoms. The van der Waals surface area contributed by atoms with E-state index >= 15 is 0 Å². The summed E-state index contributed by atoms with van der Waals surface area (Å²) in [6.07, 6.45) is 1.19. The van der Waals surface area contributed by atoms with Gasteiger partial charge >= 0.3 is 0 Å². The molecule has 7 heteroatoms. The number of nitrogens with two attached hydrogens (primary N) is 1. The van der Waals surface area contributed by atoms with Crippen molar-refractivity contribution in [3.63, 3.8) is 0 Å². The Balaban J connectivity index is 1.74. The smallest absolute Gasteiger partial charge is 0.227 e. The fraction of sp³-hybridized carbons (Fsp3) is 0.450. The Labute approximate surface area is 159 Å². The Hall–Kier alpha value is -2.83. The SMILES string of the molecule is COc1ccc(OC)c(C2CCN(C(=O)Cc3c(C)nc(N)nc3C)C2)c1. The van der Waals surface area contributed by atoms with Crippen molar-refractivity contribution in [2.75, 3.05) is 33.0 Å². The van der Waals surface area contributed by atoms with Gasteiger partial charge in [-0.05, 0) is 38.5 Å². The minimum absolute atomic E-state index is 0.0823. The van der Waals surface area contributed by atoms with Crippen LogP contribution in [0.3, 0.4) is 0 Å². The summed E-state index contributed by atoms with van der Waals surface area (Å²) in [7, 11) is 3.31. The first kappa shape index (κ1) is 18.9. The van der Waals surface area contributed by atoms with Gasteiger partial charge in [0, 0.05) is 41.5 Å². The highest BCUT2D eigenvalue weighted by atomic mass is 16.5. The number of nitrogen functional groups attached to an aromatic ring is 1. The Kier molecular flexibility index (Phi) is 5.48.